The summed E-state index contributed by atoms with van der Waals surface area (Å²) in [5.41, 5.74) is 0.849. The largest absolute Gasteiger partial charge is 0.514 e. The molecule has 126 valence electrons. The Hall–Kier alpha value is -1.97. The van der Waals surface area contributed by atoms with Crippen LogP contribution < -0.4 is 10.6 Å². The molecule has 0 radical (unpaired) electrons. The Bertz CT molecular complexity index is 491. The van der Waals surface area contributed by atoms with E-state index in [9.17, 15) is 14.1 Å². The Balaban J connectivity index is 2.66. The lowest BCUT2D eigenvalue weighted by molar-refractivity contribution is -0.129. The number of rotatable bonds is 10. The summed E-state index contributed by atoms with van der Waals surface area (Å²) in [5.74, 6) is -0.888. The number of carbonyl (C=O) groups is 2. The second-order valence-corrected chi connectivity index (χ2v) is 4.84. The van der Waals surface area contributed by atoms with Crippen molar-refractivity contribution < 1.29 is 28.7 Å². The number of hydrogen-bond donors (Lipinski definition) is 3. The van der Waals surface area contributed by atoms with E-state index in [1.165, 1.54) is 7.11 Å². The number of methoxy groups -OCH3 is 1. The minimum absolute atomic E-state index is 0.116. The maximum absolute atomic E-state index is 12.1. The lowest BCUT2D eigenvalue weighted by atomic mass is 9.92. The molecule has 1 aromatic carbocycles. The van der Waals surface area contributed by atoms with Gasteiger partial charge in [-0.05, 0) is 5.56 Å². The summed E-state index contributed by atoms with van der Waals surface area (Å²) in [4.78, 5) is 27.1. The Morgan fingerprint density at radius 3 is 2.65 bits per heavy atom. The maximum Gasteiger partial charge on any atom is 0.514 e. The molecule has 1 rings (SSSR count). The van der Waals surface area contributed by atoms with E-state index < -0.39 is 25.5 Å². The van der Waals surface area contributed by atoms with E-state index in [0.29, 0.717) is 0 Å². The molecule has 0 spiro atoms. The number of benzene rings is 1. The molecular weight excluding hydrogens is 306 g/mol. The van der Waals surface area contributed by atoms with E-state index in [0.717, 1.165) is 5.56 Å². The second kappa shape index (κ2) is 10.7. The number of nitrogens with one attached hydrogen (secondary N) is 2. The number of amides is 2. The molecule has 0 saturated heterocycles. The third kappa shape index (κ3) is 7.73. The normalized spacial score (nSPS) is 11.6. The van der Waals surface area contributed by atoms with E-state index >= 15 is 0 Å². The molecule has 1 atom stereocenters. The van der Waals surface area contributed by atoms with Gasteiger partial charge in [0.1, 0.15) is 6.04 Å². The fraction of sp³-hybridized carbons (Fsp3) is 0.429. The summed E-state index contributed by atoms with van der Waals surface area (Å²) >= 11 is 0. The van der Waals surface area contributed by atoms with Gasteiger partial charge in [-0.25, -0.2) is 4.86 Å². The highest BCUT2D eigenvalue weighted by molar-refractivity contribution is 6.43. The average molecular weight is 326 g/mol. The molecule has 9 heteroatoms. The quantitative estimate of drug-likeness (QED) is 0.517. The molecule has 0 aliphatic carbocycles. The molecule has 0 fully saturated rings. The van der Waals surface area contributed by atoms with Gasteiger partial charge in [-0.1, -0.05) is 34.9 Å². The molecule has 1 unspecified atom stereocenters. The monoisotopic (exact) mass is 326 g/mol. The van der Waals surface area contributed by atoms with Crippen LogP contribution in [0, 0.1) is 0 Å². The number of hydrogen-bond acceptors (Lipinski definition) is 5. The van der Waals surface area contributed by atoms with Crippen molar-refractivity contribution in [2.45, 2.75) is 18.9 Å². The molecule has 0 bridgehead atoms. The first-order chi connectivity index (χ1) is 11.1. The van der Waals surface area contributed by atoms with Gasteiger partial charge in [0.25, 0.3) is 0 Å². The van der Waals surface area contributed by atoms with Gasteiger partial charge in [0.2, 0.25) is 11.8 Å². The zero-order chi connectivity index (χ0) is 17.1. The summed E-state index contributed by atoms with van der Waals surface area (Å²) in [5, 5.41) is 13.9. The third-order valence-electron chi connectivity index (χ3n) is 3.02. The Morgan fingerprint density at radius 1 is 1.35 bits per heavy atom. The van der Waals surface area contributed by atoms with Gasteiger partial charge in [0.05, 0.1) is 13.1 Å². The van der Waals surface area contributed by atoms with E-state index in [1.807, 2.05) is 30.3 Å². The molecule has 1 aromatic rings. The average Bonchev–Trinajstić information content (AvgIpc) is 2.57. The molecule has 7 nitrogen and oxygen atoms in total. The van der Waals surface area contributed by atoms with Crippen molar-refractivity contribution in [3.8, 4) is 0 Å². The minimum Gasteiger partial charge on any atom is -0.424 e. The van der Waals surface area contributed by atoms with Crippen LogP contribution in [-0.2, 0) is 25.6 Å². The zero-order valence-corrected chi connectivity index (χ0v) is 12.8. The van der Waals surface area contributed by atoms with Crippen LogP contribution in [0.5, 0.6) is 0 Å². The first-order valence-electron chi connectivity index (χ1n) is 7.12. The number of carbonyl (C=O) groups excluding carboxylic acids is 2. The van der Waals surface area contributed by atoms with Gasteiger partial charge in [0.15, 0.2) is 0 Å². The SMILES string of the molecule is COCCC(=O)NC(Cc1ccccc1)C(=O)NCB(O)OF. The lowest BCUT2D eigenvalue weighted by Crippen LogP contribution is -2.50. The Morgan fingerprint density at radius 2 is 2.04 bits per heavy atom. The smallest absolute Gasteiger partial charge is 0.424 e. The minimum atomic E-state index is -1.75. The fourth-order valence-electron chi connectivity index (χ4n) is 1.86. The molecule has 0 aliphatic rings. The van der Waals surface area contributed by atoms with Crippen molar-refractivity contribution in [3.05, 3.63) is 35.9 Å². The van der Waals surface area contributed by atoms with E-state index in [2.05, 4.69) is 15.5 Å². The molecule has 3 N–H and O–H groups in total. The van der Waals surface area contributed by atoms with Crippen molar-refractivity contribution >= 4 is 18.9 Å². The highest BCUT2D eigenvalue weighted by Crippen LogP contribution is 2.04. The maximum atomic E-state index is 12.1. The summed E-state index contributed by atoms with van der Waals surface area (Å²) < 4.78 is 16.6. The van der Waals surface area contributed by atoms with Crippen LogP contribution in [0.1, 0.15) is 12.0 Å². The number of halogens is 1. The van der Waals surface area contributed by atoms with Crippen molar-refractivity contribution in [2.75, 3.05) is 20.2 Å². The number of ether oxygens (including phenoxy) is 1. The van der Waals surface area contributed by atoms with Gasteiger partial charge in [-0.2, -0.15) is 0 Å². The van der Waals surface area contributed by atoms with Gasteiger partial charge >= 0.3 is 7.12 Å². The zero-order valence-electron chi connectivity index (χ0n) is 12.8. The Kier molecular flexibility index (Phi) is 8.89. The topological polar surface area (TPSA) is 96.9 Å². The van der Waals surface area contributed by atoms with Crippen molar-refractivity contribution in [1.82, 2.24) is 10.6 Å². The summed E-state index contributed by atoms with van der Waals surface area (Å²) in [6, 6.07) is 8.26. The molecule has 0 aromatic heterocycles. The first kappa shape index (κ1) is 19.1. The van der Waals surface area contributed by atoms with Crippen molar-refractivity contribution in [2.24, 2.45) is 0 Å². The van der Waals surface area contributed by atoms with Gasteiger partial charge < -0.3 is 20.4 Å². The van der Waals surface area contributed by atoms with Crippen LogP contribution in [0.2, 0.25) is 0 Å². The lowest BCUT2D eigenvalue weighted by Gasteiger charge is -2.18. The van der Waals surface area contributed by atoms with Gasteiger partial charge in [-0.3, -0.25) is 9.59 Å². The molecule has 0 aliphatic heterocycles. The first-order valence-corrected chi connectivity index (χ1v) is 7.12. The fourth-order valence-corrected chi connectivity index (χ4v) is 1.86. The second-order valence-electron chi connectivity index (χ2n) is 4.84. The summed E-state index contributed by atoms with van der Waals surface area (Å²) in [6.07, 6.45) is -0.0438. The van der Waals surface area contributed by atoms with Crippen LogP contribution in [0.25, 0.3) is 0 Å². The molecule has 2 amide bonds. The standard InChI is InChI=1S/C14H20BFN2O5/c1-22-8-7-13(19)18-12(9-11-5-3-2-4-6-11)14(20)17-10-15(21)23-16/h2-6,12,21H,7-10H2,1H3,(H,17,20)(H,18,19). The highest BCUT2D eigenvalue weighted by Gasteiger charge is 2.23. The van der Waals surface area contributed by atoms with Crippen LogP contribution in [0.15, 0.2) is 30.3 Å². The van der Waals surface area contributed by atoms with E-state index in [4.69, 9.17) is 9.76 Å². The van der Waals surface area contributed by atoms with Gasteiger partial charge in [-0.15, -0.1) is 0 Å². The molecule has 0 saturated carbocycles. The Labute approximate surface area is 134 Å². The highest BCUT2D eigenvalue weighted by atomic mass is 19.3. The van der Waals surface area contributed by atoms with Crippen molar-refractivity contribution in [1.29, 1.82) is 0 Å². The van der Waals surface area contributed by atoms with Crippen molar-refractivity contribution in [3.63, 3.8) is 0 Å². The summed E-state index contributed by atoms with van der Waals surface area (Å²) in [7, 11) is -0.278. The third-order valence-corrected chi connectivity index (χ3v) is 3.02. The van der Waals surface area contributed by atoms with Crippen LogP contribution in [0.4, 0.5) is 4.53 Å². The predicted octanol–water partition coefficient (Wildman–Crippen LogP) is -0.213. The molecule has 0 heterocycles. The van der Waals surface area contributed by atoms with Crippen LogP contribution in [0.3, 0.4) is 0 Å². The predicted molar refractivity (Wildman–Crippen MR) is 81.7 cm³/mol. The molecular formula is C14H20BFN2O5. The van der Waals surface area contributed by atoms with Gasteiger partial charge in [0, 0.05) is 20.0 Å². The van der Waals surface area contributed by atoms with E-state index in [-0.39, 0.29) is 25.4 Å². The van der Waals surface area contributed by atoms with Crippen LogP contribution >= 0.6 is 0 Å². The van der Waals surface area contributed by atoms with E-state index in [1.54, 1.807) is 0 Å². The summed E-state index contributed by atoms with van der Waals surface area (Å²) in [6.45, 7) is 0.236. The molecule has 23 heavy (non-hydrogen) atoms. The van der Waals surface area contributed by atoms with Crippen LogP contribution in [-0.4, -0.2) is 50.2 Å².